The van der Waals surface area contributed by atoms with E-state index in [9.17, 15) is 14.0 Å². The minimum atomic E-state index is -0.662. The number of nitrogens with zero attached hydrogens (tertiary/aromatic N) is 5. The molecule has 0 aliphatic heterocycles. The summed E-state index contributed by atoms with van der Waals surface area (Å²) in [5.41, 5.74) is 9.36. The van der Waals surface area contributed by atoms with Crippen molar-refractivity contribution < 1.29 is 8.78 Å². The van der Waals surface area contributed by atoms with Crippen LogP contribution in [0.2, 0.25) is 0 Å². The van der Waals surface area contributed by atoms with Crippen LogP contribution in [-0.2, 0) is 5.41 Å². The van der Waals surface area contributed by atoms with Gasteiger partial charge >= 0.3 is 0 Å². The molecule has 0 spiro atoms. The molecule has 0 unspecified atom stereocenters. The van der Waals surface area contributed by atoms with Gasteiger partial charge in [0.1, 0.15) is 23.5 Å². The van der Waals surface area contributed by atoms with Crippen LogP contribution in [0.4, 0.5) is 14.6 Å². The van der Waals surface area contributed by atoms with Gasteiger partial charge in [-0.1, -0.05) is 26.0 Å². The highest BCUT2D eigenvalue weighted by molar-refractivity contribution is 5.66. The van der Waals surface area contributed by atoms with Crippen molar-refractivity contribution in [2.75, 3.05) is 5.73 Å². The maximum absolute atomic E-state index is 14.5. The van der Waals surface area contributed by atoms with Gasteiger partial charge < -0.3 is 5.73 Å². The highest BCUT2D eigenvalue weighted by atomic mass is 19.1. The first-order valence-electron chi connectivity index (χ1n) is 11.7. The summed E-state index contributed by atoms with van der Waals surface area (Å²) in [6.07, 6.45) is 3.35. The number of fused-ring (bicyclic) bond motifs is 5. The first kappa shape index (κ1) is 22.2. The molecule has 6 rings (SSSR count). The van der Waals surface area contributed by atoms with Gasteiger partial charge in [0.15, 0.2) is 0 Å². The second-order valence-corrected chi connectivity index (χ2v) is 10.0. The lowest BCUT2D eigenvalue weighted by Gasteiger charge is -2.37. The molecule has 178 valence electrons. The zero-order chi connectivity index (χ0) is 25.2. The molecule has 2 aliphatic carbocycles. The van der Waals surface area contributed by atoms with Crippen molar-refractivity contribution in [3.05, 3.63) is 88.9 Å². The summed E-state index contributed by atoms with van der Waals surface area (Å²) in [5.74, 6) is -1.00. The van der Waals surface area contributed by atoms with Gasteiger partial charge in [0, 0.05) is 11.8 Å². The molecule has 4 aromatic rings. The van der Waals surface area contributed by atoms with E-state index in [-0.39, 0.29) is 28.4 Å². The van der Waals surface area contributed by atoms with E-state index < -0.39 is 17.0 Å². The van der Waals surface area contributed by atoms with Crippen LogP contribution < -0.4 is 5.73 Å². The Balaban J connectivity index is 1.51. The number of anilines is 1. The van der Waals surface area contributed by atoms with Crippen LogP contribution in [0.5, 0.6) is 0 Å². The summed E-state index contributed by atoms with van der Waals surface area (Å²) in [6.45, 7) is 4.39. The molecule has 2 N–H and O–H groups in total. The van der Waals surface area contributed by atoms with Crippen LogP contribution in [0.25, 0.3) is 22.5 Å². The molecule has 1 fully saturated rings. The number of halogens is 2. The molecule has 3 heterocycles. The number of pyridine rings is 2. The quantitative estimate of drug-likeness (QED) is 0.413. The number of hydrogen-bond acceptors (Lipinski definition) is 6. The van der Waals surface area contributed by atoms with Crippen LogP contribution in [0, 0.1) is 28.4 Å². The minimum absolute atomic E-state index is 0.144. The summed E-state index contributed by atoms with van der Waals surface area (Å²) >= 11 is 0. The monoisotopic (exact) mass is 480 g/mol. The van der Waals surface area contributed by atoms with Gasteiger partial charge in [-0.05, 0) is 66.1 Å². The fraction of sp³-hybridized carbons (Fsp3) is 0.250. The third-order valence-corrected chi connectivity index (χ3v) is 8.12. The maximum Gasteiger partial charge on any atom is 0.141 e. The largest absolute Gasteiger partial charge is 0.383 e. The van der Waals surface area contributed by atoms with Crippen molar-refractivity contribution in [2.24, 2.45) is 5.41 Å². The zero-order valence-electron chi connectivity index (χ0n) is 19.8. The van der Waals surface area contributed by atoms with E-state index in [1.54, 1.807) is 18.3 Å². The lowest BCUT2D eigenvalue weighted by molar-refractivity contribution is 0.243. The van der Waals surface area contributed by atoms with Crippen LogP contribution in [0.3, 0.4) is 0 Å². The Hall–Kier alpha value is -4.25. The number of nitrogen functional groups attached to an aromatic ring is 1. The van der Waals surface area contributed by atoms with E-state index >= 15 is 0 Å². The Labute approximate surface area is 206 Å². The van der Waals surface area contributed by atoms with E-state index in [4.69, 9.17) is 10.7 Å². The van der Waals surface area contributed by atoms with Crippen LogP contribution in [-0.4, -0.2) is 20.2 Å². The third-order valence-electron chi connectivity index (χ3n) is 8.12. The normalized spacial score (nSPS) is 21.2. The molecule has 2 aliphatic rings. The average Bonchev–Trinajstić information content (AvgIpc) is 3.25. The Bertz CT molecular complexity index is 1570. The standard InChI is InChI=1S/C28H22F2N6/c1-27(2)18-9-10-28(27,23-8-4-7-21(34-23)16-11-15(13-31)26(32)33-14-16)25-17(18)12-22(35-36-25)24-19(29)5-3-6-20(24)30/h3-8,11-12,14,18H,9-10H2,1-2H3,(H2,32,33)/t18-,28+/m0/s1. The van der Waals surface area contributed by atoms with Gasteiger partial charge in [0.2, 0.25) is 0 Å². The number of nitrogens with two attached hydrogens (primary N) is 1. The number of benzene rings is 1. The molecule has 1 saturated carbocycles. The molecule has 6 nitrogen and oxygen atoms in total. The predicted octanol–water partition coefficient (Wildman–Crippen LogP) is 5.54. The van der Waals surface area contributed by atoms with Crippen molar-refractivity contribution in [2.45, 2.75) is 38.0 Å². The predicted molar refractivity (Wildman–Crippen MR) is 131 cm³/mol. The SMILES string of the molecule is CC1(C)[C@H]2CC[C@@]1(c1cccc(-c3cnc(N)c(C#N)c3)n1)c1nnc(-c3c(F)cccc3F)cc12. The molecular weight excluding hydrogens is 458 g/mol. The van der Waals surface area contributed by atoms with E-state index in [2.05, 4.69) is 35.1 Å². The van der Waals surface area contributed by atoms with Crippen molar-refractivity contribution in [1.82, 2.24) is 20.2 Å². The lowest BCUT2D eigenvalue weighted by atomic mass is 9.66. The topological polar surface area (TPSA) is 101 Å². The van der Waals surface area contributed by atoms with Gasteiger partial charge in [0.25, 0.3) is 0 Å². The maximum atomic E-state index is 14.5. The summed E-state index contributed by atoms with van der Waals surface area (Å²) in [6, 6.07) is 15.1. The first-order valence-corrected chi connectivity index (χ1v) is 11.7. The fourth-order valence-electron chi connectivity index (χ4n) is 6.29. The van der Waals surface area contributed by atoms with Gasteiger partial charge in [-0.25, -0.2) is 13.8 Å². The average molecular weight is 481 g/mol. The van der Waals surface area contributed by atoms with Gasteiger partial charge in [-0.15, -0.1) is 5.10 Å². The number of hydrogen-bond donors (Lipinski definition) is 1. The van der Waals surface area contributed by atoms with E-state index in [0.29, 0.717) is 16.8 Å². The van der Waals surface area contributed by atoms with E-state index in [1.165, 1.54) is 18.2 Å². The highest BCUT2D eigenvalue weighted by Crippen LogP contribution is 2.69. The third kappa shape index (κ3) is 2.86. The summed E-state index contributed by atoms with van der Waals surface area (Å²) in [7, 11) is 0. The summed E-state index contributed by atoms with van der Waals surface area (Å²) in [4.78, 5) is 9.17. The number of rotatable bonds is 3. The van der Waals surface area contributed by atoms with Crippen molar-refractivity contribution in [3.63, 3.8) is 0 Å². The van der Waals surface area contributed by atoms with E-state index in [1.807, 2.05) is 18.2 Å². The van der Waals surface area contributed by atoms with Gasteiger partial charge in [-0.2, -0.15) is 10.4 Å². The molecule has 0 saturated heterocycles. The smallest absolute Gasteiger partial charge is 0.141 e. The Morgan fingerprint density at radius 1 is 1.03 bits per heavy atom. The highest BCUT2D eigenvalue weighted by Gasteiger charge is 2.65. The van der Waals surface area contributed by atoms with Crippen molar-refractivity contribution in [1.29, 1.82) is 5.26 Å². The lowest BCUT2D eigenvalue weighted by Crippen LogP contribution is -2.37. The molecule has 36 heavy (non-hydrogen) atoms. The summed E-state index contributed by atoms with van der Waals surface area (Å²) in [5, 5.41) is 18.2. The van der Waals surface area contributed by atoms with Crippen LogP contribution in [0.1, 0.15) is 55.1 Å². The molecular formula is C28H22F2N6. The van der Waals surface area contributed by atoms with Crippen LogP contribution in [0.15, 0.2) is 54.7 Å². The second kappa shape index (κ2) is 7.62. The molecule has 2 atom stereocenters. The molecule has 0 amide bonds. The number of aromatic nitrogens is 4. The first-order chi connectivity index (χ1) is 17.3. The molecule has 8 heteroatoms. The van der Waals surface area contributed by atoms with Gasteiger partial charge in [0.05, 0.1) is 39.3 Å². The minimum Gasteiger partial charge on any atom is -0.383 e. The second-order valence-electron chi connectivity index (χ2n) is 10.0. The molecule has 2 bridgehead atoms. The summed E-state index contributed by atoms with van der Waals surface area (Å²) < 4.78 is 29.0. The molecule has 3 aromatic heterocycles. The van der Waals surface area contributed by atoms with Crippen LogP contribution >= 0.6 is 0 Å². The molecule has 1 aromatic carbocycles. The van der Waals surface area contributed by atoms with E-state index in [0.717, 1.165) is 29.8 Å². The Morgan fingerprint density at radius 2 is 1.78 bits per heavy atom. The Morgan fingerprint density at radius 3 is 2.53 bits per heavy atom. The Kier molecular flexibility index (Phi) is 4.71. The molecule has 0 radical (unpaired) electrons. The van der Waals surface area contributed by atoms with Gasteiger partial charge in [-0.3, -0.25) is 4.98 Å². The zero-order valence-corrected chi connectivity index (χ0v) is 19.8. The van der Waals surface area contributed by atoms with Crippen molar-refractivity contribution >= 4 is 5.82 Å². The van der Waals surface area contributed by atoms with Crippen molar-refractivity contribution in [3.8, 4) is 28.6 Å². The fourth-order valence-corrected chi connectivity index (χ4v) is 6.29. The number of nitriles is 1.